The van der Waals surface area contributed by atoms with Gasteiger partial charge in [-0.05, 0) is 68.0 Å². The van der Waals surface area contributed by atoms with Crippen molar-refractivity contribution >= 4 is 16.5 Å². The second-order valence-corrected chi connectivity index (χ2v) is 9.82. The number of pyridine rings is 2. The summed E-state index contributed by atoms with van der Waals surface area (Å²) in [7, 11) is 0. The number of hydrogen-bond donors (Lipinski definition) is 2. The Morgan fingerprint density at radius 3 is 2.65 bits per heavy atom. The normalized spacial score (nSPS) is 17.9. The van der Waals surface area contributed by atoms with Gasteiger partial charge in [0.1, 0.15) is 5.60 Å². The fourth-order valence-corrected chi connectivity index (χ4v) is 4.94. The van der Waals surface area contributed by atoms with Gasteiger partial charge in [-0.2, -0.15) is 0 Å². The minimum Gasteiger partial charge on any atom is -0.380 e. The van der Waals surface area contributed by atoms with Gasteiger partial charge in [0.2, 0.25) is 0 Å². The van der Waals surface area contributed by atoms with Crippen molar-refractivity contribution in [2.45, 2.75) is 44.2 Å². The summed E-state index contributed by atoms with van der Waals surface area (Å²) in [4.78, 5) is 9.36. The van der Waals surface area contributed by atoms with Crippen LogP contribution >= 0.6 is 0 Å². The summed E-state index contributed by atoms with van der Waals surface area (Å²) in [6, 6.07) is 18.9. The number of fused-ring (bicyclic) bond motifs is 1. The molecule has 2 aromatic carbocycles. The number of hydrogen-bond acceptors (Lipinski definition) is 5. The number of ether oxygens (including phenoxy) is 1. The number of anilines is 1. The third kappa shape index (κ3) is 3.85. The Balaban J connectivity index is 1.38. The van der Waals surface area contributed by atoms with Crippen LogP contribution < -0.4 is 5.32 Å². The predicted molar refractivity (Wildman–Crippen MR) is 135 cm³/mol. The summed E-state index contributed by atoms with van der Waals surface area (Å²) in [5, 5.41) is 16.9. The van der Waals surface area contributed by atoms with Gasteiger partial charge in [-0.15, -0.1) is 0 Å². The summed E-state index contributed by atoms with van der Waals surface area (Å²) in [5.74, 6) is 0.610. The molecule has 5 heteroatoms. The lowest BCUT2D eigenvalue weighted by Crippen LogP contribution is -2.46. The first-order chi connectivity index (χ1) is 16.5. The number of rotatable bonds is 6. The molecule has 4 aromatic rings. The van der Waals surface area contributed by atoms with Crippen LogP contribution in [0.15, 0.2) is 67.0 Å². The van der Waals surface area contributed by atoms with Gasteiger partial charge in [0.05, 0.1) is 18.9 Å². The Hall–Kier alpha value is -3.28. The number of benzene rings is 2. The molecule has 5 nitrogen and oxygen atoms in total. The van der Waals surface area contributed by atoms with Crippen LogP contribution in [0.25, 0.3) is 22.0 Å². The molecule has 2 aliphatic rings. The van der Waals surface area contributed by atoms with Crippen LogP contribution in [0.5, 0.6) is 0 Å². The molecule has 0 amide bonds. The third-order valence-electron chi connectivity index (χ3n) is 7.03. The molecule has 0 spiro atoms. The molecule has 1 saturated carbocycles. The van der Waals surface area contributed by atoms with E-state index in [0.717, 1.165) is 27.9 Å². The van der Waals surface area contributed by atoms with Crippen molar-refractivity contribution in [2.24, 2.45) is 0 Å². The lowest BCUT2D eigenvalue weighted by molar-refractivity contribution is -0.184. The Labute approximate surface area is 199 Å². The number of aromatic nitrogens is 2. The zero-order valence-corrected chi connectivity index (χ0v) is 19.6. The van der Waals surface area contributed by atoms with Crippen LogP contribution in [0.1, 0.15) is 54.1 Å². The molecule has 1 saturated heterocycles. The first-order valence-corrected chi connectivity index (χ1v) is 12.0. The summed E-state index contributed by atoms with van der Waals surface area (Å²) >= 11 is 0. The van der Waals surface area contributed by atoms with E-state index in [1.54, 1.807) is 0 Å². The Kier molecular flexibility index (Phi) is 5.12. The van der Waals surface area contributed by atoms with E-state index in [4.69, 9.17) is 9.72 Å². The minimum atomic E-state index is -0.921. The molecule has 3 heterocycles. The largest absolute Gasteiger partial charge is 0.380 e. The number of nitrogens with one attached hydrogen (secondary N) is 1. The zero-order chi connectivity index (χ0) is 23.3. The van der Waals surface area contributed by atoms with Crippen molar-refractivity contribution in [3.63, 3.8) is 0 Å². The molecule has 34 heavy (non-hydrogen) atoms. The monoisotopic (exact) mass is 451 g/mol. The van der Waals surface area contributed by atoms with Gasteiger partial charge < -0.3 is 15.2 Å². The fourth-order valence-electron chi connectivity index (χ4n) is 4.94. The Morgan fingerprint density at radius 1 is 1.06 bits per heavy atom. The quantitative estimate of drug-likeness (QED) is 0.384. The SMILES string of the molecule is Cc1cc([C@@H](C)Nc2ccccc2C2(O)COC2)c2cc(-c3ccnc(C4CC4)c3)ncc2c1. The van der Waals surface area contributed by atoms with Gasteiger partial charge in [0, 0.05) is 52.2 Å². The van der Waals surface area contributed by atoms with Crippen LogP contribution in [0, 0.1) is 6.92 Å². The number of nitrogens with zero attached hydrogens (tertiary/aromatic N) is 2. The van der Waals surface area contributed by atoms with Crippen LogP contribution in [0.2, 0.25) is 0 Å². The Bertz CT molecular complexity index is 1380. The van der Waals surface area contributed by atoms with Gasteiger partial charge in [0.15, 0.2) is 0 Å². The van der Waals surface area contributed by atoms with Crippen molar-refractivity contribution in [3.8, 4) is 11.3 Å². The number of aliphatic hydroxyl groups is 1. The molecular weight excluding hydrogens is 422 g/mol. The van der Waals surface area contributed by atoms with E-state index < -0.39 is 5.60 Å². The van der Waals surface area contributed by atoms with E-state index in [2.05, 4.69) is 48.4 Å². The lowest BCUT2D eigenvalue weighted by Gasteiger charge is -2.38. The van der Waals surface area contributed by atoms with E-state index in [0.29, 0.717) is 19.1 Å². The number of para-hydroxylation sites is 1. The van der Waals surface area contributed by atoms with E-state index in [9.17, 15) is 5.11 Å². The van der Waals surface area contributed by atoms with Crippen LogP contribution in [0.4, 0.5) is 5.69 Å². The molecule has 1 atom stereocenters. The second-order valence-electron chi connectivity index (χ2n) is 9.82. The van der Waals surface area contributed by atoms with Gasteiger partial charge >= 0.3 is 0 Å². The van der Waals surface area contributed by atoms with Crippen LogP contribution in [-0.2, 0) is 10.3 Å². The summed E-state index contributed by atoms with van der Waals surface area (Å²) in [6.45, 7) is 4.95. The molecule has 172 valence electrons. The maximum Gasteiger partial charge on any atom is 0.138 e. The summed E-state index contributed by atoms with van der Waals surface area (Å²) < 4.78 is 5.30. The molecule has 0 bridgehead atoms. The van der Waals surface area contributed by atoms with Crippen molar-refractivity contribution < 1.29 is 9.84 Å². The molecule has 1 aliphatic carbocycles. The van der Waals surface area contributed by atoms with Gasteiger partial charge in [-0.1, -0.05) is 29.8 Å². The highest BCUT2D eigenvalue weighted by Gasteiger charge is 2.39. The maximum atomic E-state index is 10.9. The molecule has 0 unspecified atom stereocenters. The van der Waals surface area contributed by atoms with E-state index in [-0.39, 0.29) is 6.04 Å². The van der Waals surface area contributed by atoms with E-state index in [1.807, 2.05) is 42.7 Å². The van der Waals surface area contributed by atoms with E-state index in [1.165, 1.54) is 35.0 Å². The first-order valence-electron chi connectivity index (χ1n) is 12.0. The van der Waals surface area contributed by atoms with Crippen molar-refractivity contribution in [3.05, 3.63) is 89.4 Å². The highest BCUT2D eigenvalue weighted by Crippen LogP contribution is 2.40. The molecule has 2 fully saturated rings. The smallest absolute Gasteiger partial charge is 0.138 e. The standard InChI is InChI=1S/C29H29N3O2/c1-18-11-22-15-31-28(21-9-10-30-27(13-21)20-7-8-20)14-24(22)23(12-18)19(2)32-26-6-4-3-5-25(26)29(33)16-34-17-29/h3-6,9-15,19-20,32-33H,7-8,16-17H2,1-2H3/t19-/m1/s1. The average molecular weight is 452 g/mol. The maximum absolute atomic E-state index is 10.9. The second kappa shape index (κ2) is 8.19. The molecule has 1 aliphatic heterocycles. The number of aryl methyl sites for hydroxylation is 1. The highest BCUT2D eigenvalue weighted by atomic mass is 16.5. The van der Waals surface area contributed by atoms with Crippen molar-refractivity contribution in [1.29, 1.82) is 0 Å². The zero-order valence-electron chi connectivity index (χ0n) is 19.6. The lowest BCUT2D eigenvalue weighted by atomic mass is 9.90. The van der Waals surface area contributed by atoms with Gasteiger partial charge in [0.25, 0.3) is 0 Å². The average Bonchev–Trinajstić information content (AvgIpc) is 3.68. The van der Waals surface area contributed by atoms with Crippen LogP contribution in [-0.4, -0.2) is 28.3 Å². The minimum absolute atomic E-state index is 0.0304. The van der Waals surface area contributed by atoms with Gasteiger partial charge in [-0.25, -0.2) is 0 Å². The van der Waals surface area contributed by atoms with Crippen molar-refractivity contribution in [2.75, 3.05) is 18.5 Å². The molecule has 0 radical (unpaired) electrons. The van der Waals surface area contributed by atoms with Crippen LogP contribution in [0.3, 0.4) is 0 Å². The molecular formula is C29H29N3O2. The van der Waals surface area contributed by atoms with E-state index >= 15 is 0 Å². The Morgan fingerprint density at radius 2 is 1.88 bits per heavy atom. The first kappa shape index (κ1) is 21.3. The molecule has 6 rings (SSSR count). The third-order valence-corrected chi connectivity index (χ3v) is 7.03. The highest BCUT2D eigenvalue weighted by molar-refractivity contribution is 5.89. The summed E-state index contributed by atoms with van der Waals surface area (Å²) in [6.07, 6.45) is 6.35. The van der Waals surface area contributed by atoms with Crippen molar-refractivity contribution in [1.82, 2.24) is 9.97 Å². The topological polar surface area (TPSA) is 67.3 Å². The predicted octanol–water partition coefficient (Wildman–Crippen LogP) is 5.87. The molecule has 2 aromatic heterocycles. The van der Waals surface area contributed by atoms with Gasteiger partial charge in [-0.3, -0.25) is 9.97 Å². The summed E-state index contributed by atoms with van der Waals surface area (Å²) in [5.41, 5.74) is 6.57. The fraction of sp³-hybridized carbons (Fsp3) is 0.310. The molecule has 2 N–H and O–H groups in total.